The second-order valence-electron chi connectivity index (χ2n) is 7.85. The van der Waals surface area contributed by atoms with Crippen LogP contribution in [0.2, 0.25) is 0 Å². The van der Waals surface area contributed by atoms with E-state index in [0.717, 1.165) is 41.7 Å². The molecule has 4 rings (SSSR count). The van der Waals surface area contributed by atoms with Gasteiger partial charge in [0.25, 0.3) is 0 Å². The van der Waals surface area contributed by atoms with Crippen LogP contribution in [0.15, 0.2) is 89.9 Å². The van der Waals surface area contributed by atoms with Gasteiger partial charge in [0, 0.05) is 24.4 Å². The zero-order valence-corrected chi connectivity index (χ0v) is 18.3. The zero-order chi connectivity index (χ0) is 22.9. The Balaban J connectivity index is 1.41. The molecule has 0 spiro atoms. The highest BCUT2D eigenvalue weighted by Crippen LogP contribution is 2.31. The molecule has 1 aromatic heterocycles. The van der Waals surface area contributed by atoms with Crippen molar-refractivity contribution >= 4 is 11.7 Å². The van der Waals surface area contributed by atoms with E-state index in [1.165, 1.54) is 11.1 Å². The summed E-state index contributed by atoms with van der Waals surface area (Å²) in [6.45, 7) is 0.0612. The molecule has 0 saturated carbocycles. The van der Waals surface area contributed by atoms with E-state index in [4.69, 9.17) is 14.7 Å². The van der Waals surface area contributed by atoms with Gasteiger partial charge >= 0.3 is 5.97 Å². The molecule has 6 nitrogen and oxygen atoms in total. The van der Waals surface area contributed by atoms with Crippen molar-refractivity contribution in [1.29, 1.82) is 0 Å². The molecule has 1 heterocycles. The summed E-state index contributed by atoms with van der Waals surface area (Å²) in [4.78, 5) is 20.7. The van der Waals surface area contributed by atoms with Crippen molar-refractivity contribution in [3.63, 3.8) is 0 Å². The first-order valence-corrected chi connectivity index (χ1v) is 11.0. The second-order valence-corrected chi connectivity index (χ2v) is 7.85. The Hall–Kier alpha value is -3.93. The number of allylic oxidation sites excluding steroid dienone is 1. The average molecular weight is 443 g/mol. The molecule has 0 radical (unpaired) electrons. The Kier molecular flexibility index (Phi) is 7.48. The molecule has 0 bridgehead atoms. The predicted octanol–water partition coefficient (Wildman–Crippen LogP) is 4.62. The number of carboxylic acids is 1. The van der Waals surface area contributed by atoms with Crippen molar-refractivity contribution in [3.05, 3.63) is 107 Å². The molecular weight excluding hydrogens is 416 g/mol. The summed E-state index contributed by atoms with van der Waals surface area (Å²) < 4.78 is 5.45. The lowest BCUT2D eigenvalue weighted by molar-refractivity contribution is -0.139. The van der Waals surface area contributed by atoms with Gasteiger partial charge in [-0.2, -0.15) is 0 Å². The molecular formula is C27H26N2O4. The van der Waals surface area contributed by atoms with Gasteiger partial charge in [-0.15, -0.1) is 0 Å². The van der Waals surface area contributed by atoms with E-state index in [0.29, 0.717) is 18.8 Å². The minimum atomic E-state index is -0.973. The summed E-state index contributed by atoms with van der Waals surface area (Å²) in [5.41, 5.74) is 6.47. The normalized spacial score (nSPS) is 14.5. The van der Waals surface area contributed by atoms with Gasteiger partial charge in [-0.3, -0.25) is 4.98 Å². The number of carbonyl (C=O) groups is 1. The highest BCUT2D eigenvalue weighted by molar-refractivity contribution is 6.01. The van der Waals surface area contributed by atoms with Gasteiger partial charge in [0.15, 0.2) is 6.61 Å². The Bertz CT molecular complexity index is 1140. The van der Waals surface area contributed by atoms with Crippen molar-refractivity contribution < 1.29 is 19.5 Å². The van der Waals surface area contributed by atoms with Crippen LogP contribution in [-0.4, -0.2) is 35.0 Å². The van der Waals surface area contributed by atoms with Gasteiger partial charge in [-0.25, -0.2) is 4.79 Å². The number of aliphatic carboxylic acids is 1. The summed E-state index contributed by atoms with van der Waals surface area (Å²) in [6, 6.07) is 19.9. The summed E-state index contributed by atoms with van der Waals surface area (Å²) >= 11 is 0. The number of pyridine rings is 1. The third kappa shape index (κ3) is 6.29. The predicted molar refractivity (Wildman–Crippen MR) is 127 cm³/mol. The topological polar surface area (TPSA) is 81.0 Å². The lowest BCUT2D eigenvalue weighted by Crippen LogP contribution is -2.13. The van der Waals surface area contributed by atoms with Gasteiger partial charge in [0.05, 0.1) is 5.71 Å². The van der Waals surface area contributed by atoms with E-state index in [-0.39, 0.29) is 6.61 Å². The van der Waals surface area contributed by atoms with Crippen molar-refractivity contribution in [2.45, 2.75) is 25.7 Å². The maximum absolute atomic E-state index is 10.8. The molecule has 6 heteroatoms. The highest BCUT2D eigenvalue weighted by atomic mass is 16.6. The van der Waals surface area contributed by atoms with Crippen LogP contribution in [0.25, 0.3) is 0 Å². The highest BCUT2D eigenvalue weighted by Gasteiger charge is 2.17. The smallest absolute Gasteiger partial charge is 0.341 e. The van der Waals surface area contributed by atoms with Crippen LogP contribution < -0.4 is 4.74 Å². The minimum absolute atomic E-state index is 0.326. The molecule has 0 fully saturated rings. The Morgan fingerprint density at radius 1 is 1.06 bits per heavy atom. The fourth-order valence-corrected chi connectivity index (χ4v) is 3.91. The van der Waals surface area contributed by atoms with E-state index in [2.05, 4.69) is 34.4 Å². The van der Waals surface area contributed by atoms with Crippen molar-refractivity contribution in [3.8, 4) is 5.75 Å². The van der Waals surface area contributed by atoms with Crippen LogP contribution in [0.1, 0.15) is 28.7 Å². The van der Waals surface area contributed by atoms with Gasteiger partial charge in [0.1, 0.15) is 12.4 Å². The summed E-state index contributed by atoms with van der Waals surface area (Å²) in [5, 5.41) is 13.3. The zero-order valence-electron chi connectivity index (χ0n) is 18.3. The molecule has 1 aliphatic rings. The van der Waals surface area contributed by atoms with Crippen LogP contribution in [0.3, 0.4) is 0 Å². The maximum Gasteiger partial charge on any atom is 0.341 e. The van der Waals surface area contributed by atoms with E-state index in [9.17, 15) is 4.79 Å². The molecule has 3 aromatic rings. The standard InChI is InChI=1S/C27H26N2O4/c30-27(31)19-32-26-10-4-8-22-16-21(11-12-24(22)26)13-15-33-29-25(23-9-5-14-28-18-23)17-20-6-2-1-3-7-20/h1-10,13-14,18H,11-12,15-17,19H2,(H,30,31). The molecule has 2 aromatic carbocycles. The Morgan fingerprint density at radius 2 is 1.94 bits per heavy atom. The molecule has 0 aliphatic heterocycles. The molecule has 0 atom stereocenters. The molecule has 168 valence electrons. The van der Waals surface area contributed by atoms with Crippen molar-refractivity contribution in [1.82, 2.24) is 4.98 Å². The first-order valence-electron chi connectivity index (χ1n) is 11.0. The van der Waals surface area contributed by atoms with Crippen molar-refractivity contribution in [2.24, 2.45) is 5.16 Å². The number of ether oxygens (including phenoxy) is 1. The van der Waals surface area contributed by atoms with E-state index < -0.39 is 5.97 Å². The number of rotatable bonds is 9. The number of fused-ring (bicyclic) bond motifs is 1. The molecule has 33 heavy (non-hydrogen) atoms. The number of carboxylic acid groups (broad SMARTS) is 1. The summed E-state index contributed by atoms with van der Waals surface area (Å²) in [6.07, 6.45) is 8.78. The minimum Gasteiger partial charge on any atom is -0.482 e. The van der Waals surface area contributed by atoms with Crippen LogP contribution in [0, 0.1) is 0 Å². The first-order chi connectivity index (χ1) is 16.2. The van der Waals surface area contributed by atoms with Crippen LogP contribution in [-0.2, 0) is 28.9 Å². The average Bonchev–Trinajstić information content (AvgIpc) is 2.85. The third-order valence-corrected chi connectivity index (χ3v) is 5.53. The summed E-state index contributed by atoms with van der Waals surface area (Å²) in [5.74, 6) is -0.309. The first kappa shape index (κ1) is 22.3. The van der Waals surface area contributed by atoms with Gasteiger partial charge in [-0.05, 0) is 60.2 Å². The van der Waals surface area contributed by atoms with Crippen LogP contribution in [0.4, 0.5) is 0 Å². The Morgan fingerprint density at radius 3 is 2.73 bits per heavy atom. The van der Waals surface area contributed by atoms with Gasteiger partial charge in [0.2, 0.25) is 0 Å². The molecule has 1 N–H and O–H groups in total. The fraction of sp³-hybridized carbons (Fsp3) is 0.222. The monoisotopic (exact) mass is 442 g/mol. The number of nitrogens with zero attached hydrogens (tertiary/aromatic N) is 2. The lowest BCUT2D eigenvalue weighted by Gasteiger charge is -2.21. The van der Waals surface area contributed by atoms with Crippen molar-refractivity contribution in [2.75, 3.05) is 13.2 Å². The molecule has 1 aliphatic carbocycles. The van der Waals surface area contributed by atoms with Crippen LogP contribution in [0.5, 0.6) is 5.75 Å². The second kappa shape index (κ2) is 11.1. The number of hydrogen-bond acceptors (Lipinski definition) is 5. The van der Waals surface area contributed by atoms with Gasteiger partial charge in [-0.1, -0.05) is 53.2 Å². The summed E-state index contributed by atoms with van der Waals surface area (Å²) in [7, 11) is 0. The third-order valence-electron chi connectivity index (χ3n) is 5.53. The fourth-order valence-electron chi connectivity index (χ4n) is 3.91. The van der Waals surface area contributed by atoms with E-state index in [1.807, 2.05) is 42.5 Å². The number of hydrogen-bond donors (Lipinski definition) is 1. The maximum atomic E-state index is 10.8. The lowest BCUT2D eigenvalue weighted by atomic mass is 9.87. The van der Waals surface area contributed by atoms with E-state index >= 15 is 0 Å². The van der Waals surface area contributed by atoms with Gasteiger partial charge < -0.3 is 14.7 Å². The molecule has 0 amide bonds. The number of aromatic nitrogens is 1. The Labute approximate surface area is 193 Å². The molecule has 0 unspecified atom stereocenters. The van der Waals surface area contributed by atoms with E-state index in [1.54, 1.807) is 12.4 Å². The SMILES string of the molecule is O=C(O)COc1cccc2c1CCC(=CCON=C(Cc1ccccc1)c1cccnc1)C2. The quantitative estimate of drug-likeness (QED) is 0.226. The largest absolute Gasteiger partial charge is 0.482 e. The number of benzene rings is 2. The van der Waals surface area contributed by atoms with Crippen LogP contribution >= 0.6 is 0 Å². The number of oxime groups is 1. The molecule has 0 saturated heterocycles.